The molecular weight excluding hydrogens is 751 g/mol. The van der Waals surface area contributed by atoms with Crippen LogP contribution in [0.4, 0.5) is 0 Å². The fourth-order valence-electron chi connectivity index (χ4n) is 7.01. The van der Waals surface area contributed by atoms with E-state index in [1.165, 1.54) is 96.3 Å². The topological polar surface area (TPSA) is 99.1 Å². The molecule has 0 aromatic rings. The fourth-order valence-corrected chi connectivity index (χ4v) is 7.01. The van der Waals surface area contributed by atoms with Crippen molar-refractivity contribution in [2.75, 3.05) is 41.0 Å². The lowest BCUT2D eigenvalue weighted by Crippen LogP contribution is -2.50. The van der Waals surface area contributed by atoms with E-state index in [-0.39, 0.29) is 36.2 Å². The van der Waals surface area contributed by atoms with Gasteiger partial charge < -0.3 is 23.8 Å². The van der Waals surface area contributed by atoms with E-state index in [1.54, 1.807) is 0 Å². The highest BCUT2D eigenvalue weighted by Gasteiger charge is 2.31. The molecule has 0 aliphatic carbocycles. The summed E-state index contributed by atoms with van der Waals surface area (Å²) in [5.74, 6) is -1.48. The van der Waals surface area contributed by atoms with Crippen molar-refractivity contribution in [3.8, 4) is 0 Å². The minimum Gasteiger partial charge on any atom is -0.477 e. The molecule has 0 aliphatic heterocycles. The molecule has 8 heteroatoms. The second kappa shape index (κ2) is 42.7. The second-order valence-corrected chi connectivity index (χ2v) is 17.4. The van der Waals surface area contributed by atoms with Crippen LogP contribution in [0.5, 0.6) is 0 Å². The molecule has 0 aliphatic rings. The van der Waals surface area contributed by atoms with Crippen LogP contribution in [0.1, 0.15) is 200 Å². The van der Waals surface area contributed by atoms with Crippen LogP contribution in [-0.2, 0) is 28.6 Å². The molecular formula is C52H92NO7+. The molecule has 0 aromatic carbocycles. The number of hydrogen-bond donors (Lipinski definition) is 1. The molecule has 2 atom stereocenters. The summed E-state index contributed by atoms with van der Waals surface area (Å²) in [6, 6.07) is -0.618. The number of ether oxygens (including phenoxy) is 3. The van der Waals surface area contributed by atoms with Gasteiger partial charge in [0.15, 0.2) is 12.1 Å². The summed E-state index contributed by atoms with van der Waals surface area (Å²) in [6.07, 6.45) is 52.7. The molecule has 8 nitrogen and oxygen atoms in total. The van der Waals surface area contributed by atoms with Crippen molar-refractivity contribution in [1.29, 1.82) is 0 Å². The molecule has 0 rings (SSSR count). The second-order valence-electron chi connectivity index (χ2n) is 17.4. The van der Waals surface area contributed by atoms with Crippen molar-refractivity contribution in [3.05, 3.63) is 60.8 Å². The van der Waals surface area contributed by atoms with Crippen molar-refractivity contribution < 1.29 is 38.2 Å². The van der Waals surface area contributed by atoms with Gasteiger partial charge in [0.25, 0.3) is 0 Å². The van der Waals surface area contributed by atoms with E-state index in [1.807, 2.05) is 21.1 Å². The average molecular weight is 843 g/mol. The van der Waals surface area contributed by atoms with Crippen molar-refractivity contribution in [2.24, 2.45) is 0 Å². The zero-order valence-electron chi connectivity index (χ0n) is 39.4. The Morgan fingerprint density at radius 2 is 0.967 bits per heavy atom. The number of allylic oxidation sites excluding steroid dienone is 10. The zero-order chi connectivity index (χ0) is 44.2. The molecule has 1 N–H and O–H groups in total. The van der Waals surface area contributed by atoms with E-state index < -0.39 is 18.1 Å². The molecule has 346 valence electrons. The number of hydrogen-bond acceptors (Lipinski definition) is 6. The number of esters is 2. The van der Waals surface area contributed by atoms with Crippen LogP contribution in [0, 0.1) is 0 Å². The first-order chi connectivity index (χ1) is 29.1. The quantitative estimate of drug-likeness (QED) is 0.0215. The smallest absolute Gasteiger partial charge is 0.362 e. The third-order valence-corrected chi connectivity index (χ3v) is 10.7. The minimum absolute atomic E-state index is 0.0553. The molecule has 60 heavy (non-hydrogen) atoms. The van der Waals surface area contributed by atoms with E-state index in [4.69, 9.17) is 14.2 Å². The lowest BCUT2D eigenvalue weighted by atomic mass is 10.0. The molecule has 0 spiro atoms. The minimum atomic E-state index is -0.878. The Hall–Kier alpha value is -2.97. The maximum atomic E-state index is 12.8. The van der Waals surface area contributed by atoms with Crippen molar-refractivity contribution in [1.82, 2.24) is 0 Å². The molecule has 0 bridgehead atoms. The van der Waals surface area contributed by atoms with Gasteiger partial charge in [-0.05, 0) is 57.8 Å². The van der Waals surface area contributed by atoms with Gasteiger partial charge in [0, 0.05) is 19.3 Å². The number of carbonyl (C=O) groups is 3. The number of carboxylic acid groups (broad SMARTS) is 1. The SMILES string of the molecule is CC/C=C/C=C/C=C/CCCCCCCCCC(=O)OC(COCCC(C(=O)O)[N+](C)(C)C)COC(=O)CCCCCCCCCCCCCCCC/C=C/C/C=C/CC. The van der Waals surface area contributed by atoms with Gasteiger partial charge in [0.2, 0.25) is 0 Å². The van der Waals surface area contributed by atoms with E-state index in [0.29, 0.717) is 19.3 Å². The summed E-state index contributed by atoms with van der Waals surface area (Å²) in [5, 5.41) is 9.64. The highest BCUT2D eigenvalue weighted by molar-refractivity contribution is 5.72. The first-order valence-corrected chi connectivity index (χ1v) is 24.4. The Morgan fingerprint density at radius 3 is 1.47 bits per heavy atom. The molecule has 0 saturated carbocycles. The number of carbonyl (C=O) groups excluding carboxylic acids is 2. The number of aliphatic carboxylic acids is 1. The predicted octanol–water partition coefficient (Wildman–Crippen LogP) is 13.8. The molecule has 0 fully saturated rings. The fraction of sp³-hybridized carbons (Fsp3) is 0.750. The summed E-state index contributed by atoms with van der Waals surface area (Å²) in [4.78, 5) is 37.1. The number of unbranched alkanes of at least 4 members (excludes halogenated alkanes) is 21. The number of rotatable bonds is 43. The number of carboxylic acids is 1. The normalized spacial score (nSPS) is 13.4. The molecule has 0 radical (unpaired) electrons. The van der Waals surface area contributed by atoms with Gasteiger partial charge in [0.1, 0.15) is 6.61 Å². The average Bonchev–Trinajstić information content (AvgIpc) is 3.21. The number of likely N-dealkylation sites (N-methyl/N-ethyl adjacent to an activating group) is 1. The maximum absolute atomic E-state index is 12.8. The van der Waals surface area contributed by atoms with Gasteiger partial charge in [0.05, 0.1) is 34.4 Å². The Kier molecular flexibility index (Phi) is 40.6. The van der Waals surface area contributed by atoms with Crippen LogP contribution in [0.15, 0.2) is 60.8 Å². The van der Waals surface area contributed by atoms with Crippen LogP contribution in [0.2, 0.25) is 0 Å². The summed E-state index contributed by atoms with van der Waals surface area (Å²) < 4.78 is 17.3. The zero-order valence-corrected chi connectivity index (χ0v) is 39.4. The van der Waals surface area contributed by atoms with Crippen molar-refractivity contribution in [3.63, 3.8) is 0 Å². The standard InChI is InChI=1S/C52H91NO7/c1-6-8-10-12-14-16-18-20-22-23-24-25-26-27-29-30-32-34-36-38-40-42-50(54)59-47-48(46-58-45-44-49(52(56)57)53(3,4)5)60-51(55)43-41-39-37-35-33-31-28-21-19-17-15-13-11-9-7-2/h8-11,13-17,19,48-49H,6-7,12,18,20-47H2,1-5H3/p+1/b10-8+,11-9+,15-13+,16-14+,19-17+. The Bertz CT molecular complexity index is 1170. The van der Waals surface area contributed by atoms with Gasteiger partial charge in [-0.2, -0.15) is 0 Å². The van der Waals surface area contributed by atoms with Crippen LogP contribution in [0.3, 0.4) is 0 Å². The molecule has 2 unspecified atom stereocenters. The summed E-state index contributed by atoms with van der Waals surface area (Å²) >= 11 is 0. The first-order valence-electron chi connectivity index (χ1n) is 24.4. The van der Waals surface area contributed by atoms with Gasteiger partial charge >= 0.3 is 17.9 Å². The molecule has 0 aromatic heterocycles. The van der Waals surface area contributed by atoms with Gasteiger partial charge in [-0.25, -0.2) is 4.79 Å². The monoisotopic (exact) mass is 843 g/mol. The first kappa shape index (κ1) is 57.0. The molecule has 0 amide bonds. The van der Waals surface area contributed by atoms with Crippen LogP contribution in [-0.4, -0.2) is 80.6 Å². The van der Waals surface area contributed by atoms with E-state index in [2.05, 4.69) is 74.6 Å². The largest absolute Gasteiger partial charge is 0.477 e. The van der Waals surface area contributed by atoms with E-state index in [0.717, 1.165) is 70.6 Å². The van der Waals surface area contributed by atoms with Gasteiger partial charge in [-0.3, -0.25) is 9.59 Å². The number of nitrogens with zero attached hydrogens (tertiary/aromatic N) is 1. The van der Waals surface area contributed by atoms with Gasteiger partial charge in [-0.15, -0.1) is 0 Å². The van der Waals surface area contributed by atoms with Crippen molar-refractivity contribution >= 4 is 17.9 Å². The Balaban J connectivity index is 4.24. The Labute approximate surface area is 368 Å². The van der Waals surface area contributed by atoms with Crippen LogP contribution >= 0.6 is 0 Å². The van der Waals surface area contributed by atoms with Crippen LogP contribution < -0.4 is 0 Å². The summed E-state index contributed by atoms with van der Waals surface area (Å²) in [5.41, 5.74) is 0. The lowest BCUT2D eigenvalue weighted by molar-refractivity contribution is -0.887. The number of quaternary nitrogens is 1. The van der Waals surface area contributed by atoms with Crippen LogP contribution in [0.25, 0.3) is 0 Å². The highest BCUT2D eigenvalue weighted by atomic mass is 16.6. The van der Waals surface area contributed by atoms with Crippen molar-refractivity contribution in [2.45, 2.75) is 212 Å². The molecule has 0 saturated heterocycles. The lowest BCUT2D eigenvalue weighted by Gasteiger charge is -2.31. The van der Waals surface area contributed by atoms with E-state index in [9.17, 15) is 19.5 Å². The van der Waals surface area contributed by atoms with E-state index >= 15 is 0 Å². The summed E-state index contributed by atoms with van der Waals surface area (Å²) in [6.45, 7) is 4.50. The third kappa shape index (κ3) is 40.4. The predicted molar refractivity (Wildman–Crippen MR) is 252 cm³/mol. The molecule has 0 heterocycles. The Morgan fingerprint density at radius 1 is 0.517 bits per heavy atom. The maximum Gasteiger partial charge on any atom is 0.362 e. The summed E-state index contributed by atoms with van der Waals surface area (Å²) in [7, 11) is 5.53. The highest BCUT2D eigenvalue weighted by Crippen LogP contribution is 2.16. The van der Waals surface area contributed by atoms with Gasteiger partial charge in [-0.1, -0.05) is 184 Å². The third-order valence-electron chi connectivity index (χ3n) is 10.7.